The SMILES string of the molecule is C=C1CCC[C@]2(C)C(CCC)=CCC12. The topological polar surface area (TPSA) is 0 Å². The Kier molecular flexibility index (Phi) is 2.55. The first-order valence-corrected chi connectivity index (χ1v) is 6.05. The summed E-state index contributed by atoms with van der Waals surface area (Å²) in [7, 11) is 0. The third-order valence-corrected chi connectivity index (χ3v) is 4.31. The standard InChI is InChI=1S/C14H22/c1-4-6-12-8-9-13-11(2)7-5-10-14(12,13)3/h8,13H,2,4-7,9-10H2,1,3H3/t13?,14-/m1/s1. The van der Waals surface area contributed by atoms with Crippen LogP contribution in [0.3, 0.4) is 0 Å². The van der Waals surface area contributed by atoms with Crippen LogP contribution in [0.5, 0.6) is 0 Å². The molecule has 0 heteroatoms. The van der Waals surface area contributed by atoms with Gasteiger partial charge in [-0.3, -0.25) is 0 Å². The van der Waals surface area contributed by atoms with E-state index in [4.69, 9.17) is 0 Å². The molecule has 2 aliphatic rings. The summed E-state index contributed by atoms with van der Waals surface area (Å²) in [5, 5.41) is 0. The molecule has 1 fully saturated rings. The van der Waals surface area contributed by atoms with Crippen molar-refractivity contribution >= 4 is 0 Å². The predicted molar refractivity (Wildman–Crippen MR) is 62.2 cm³/mol. The zero-order valence-corrected chi connectivity index (χ0v) is 9.60. The fourth-order valence-corrected chi connectivity index (χ4v) is 3.44. The predicted octanol–water partition coefficient (Wildman–Crippen LogP) is 4.48. The van der Waals surface area contributed by atoms with Gasteiger partial charge in [-0.2, -0.15) is 0 Å². The number of allylic oxidation sites excluding steroid dienone is 3. The molecule has 0 aliphatic heterocycles. The van der Waals surface area contributed by atoms with Crippen molar-refractivity contribution < 1.29 is 0 Å². The first-order valence-electron chi connectivity index (χ1n) is 6.05. The molecular formula is C14H22. The molecule has 0 aromatic carbocycles. The van der Waals surface area contributed by atoms with Gasteiger partial charge < -0.3 is 0 Å². The van der Waals surface area contributed by atoms with Crippen LogP contribution >= 0.6 is 0 Å². The maximum absolute atomic E-state index is 4.26. The van der Waals surface area contributed by atoms with Gasteiger partial charge >= 0.3 is 0 Å². The van der Waals surface area contributed by atoms with Crippen molar-refractivity contribution in [3.05, 3.63) is 23.8 Å². The highest BCUT2D eigenvalue weighted by atomic mass is 14.5. The summed E-state index contributed by atoms with van der Waals surface area (Å²) in [6, 6.07) is 0. The number of rotatable bonds is 2. The van der Waals surface area contributed by atoms with Crippen LogP contribution in [-0.4, -0.2) is 0 Å². The van der Waals surface area contributed by atoms with E-state index >= 15 is 0 Å². The molecule has 2 aliphatic carbocycles. The maximum Gasteiger partial charge on any atom is -0.00480 e. The van der Waals surface area contributed by atoms with Gasteiger partial charge in [0.25, 0.3) is 0 Å². The molecule has 0 spiro atoms. The quantitative estimate of drug-likeness (QED) is 0.563. The van der Waals surface area contributed by atoms with E-state index in [2.05, 4.69) is 26.5 Å². The minimum absolute atomic E-state index is 0.491. The summed E-state index contributed by atoms with van der Waals surface area (Å²) < 4.78 is 0. The fourth-order valence-electron chi connectivity index (χ4n) is 3.44. The van der Waals surface area contributed by atoms with Gasteiger partial charge in [-0.05, 0) is 43.4 Å². The van der Waals surface area contributed by atoms with E-state index in [1.54, 1.807) is 5.57 Å². The van der Waals surface area contributed by atoms with Gasteiger partial charge in [0.1, 0.15) is 0 Å². The average molecular weight is 190 g/mol. The van der Waals surface area contributed by atoms with E-state index in [0.29, 0.717) is 5.41 Å². The number of hydrogen-bond acceptors (Lipinski definition) is 0. The largest absolute Gasteiger partial charge is 0.0995 e. The monoisotopic (exact) mass is 190 g/mol. The van der Waals surface area contributed by atoms with E-state index < -0.39 is 0 Å². The Morgan fingerprint density at radius 3 is 3.07 bits per heavy atom. The summed E-state index contributed by atoms with van der Waals surface area (Å²) >= 11 is 0. The average Bonchev–Trinajstić information content (AvgIpc) is 2.46. The van der Waals surface area contributed by atoms with E-state index in [0.717, 1.165) is 5.92 Å². The zero-order chi connectivity index (χ0) is 10.2. The lowest BCUT2D eigenvalue weighted by Gasteiger charge is -2.40. The summed E-state index contributed by atoms with van der Waals surface area (Å²) in [6.07, 6.45) is 10.4. The van der Waals surface area contributed by atoms with Crippen LogP contribution in [0.1, 0.15) is 52.4 Å². The molecule has 0 aromatic heterocycles. The molecule has 0 amide bonds. The van der Waals surface area contributed by atoms with Crippen LogP contribution in [0.25, 0.3) is 0 Å². The van der Waals surface area contributed by atoms with Gasteiger partial charge in [0.15, 0.2) is 0 Å². The molecule has 0 nitrogen and oxygen atoms in total. The Morgan fingerprint density at radius 1 is 1.57 bits per heavy atom. The molecular weight excluding hydrogens is 168 g/mol. The van der Waals surface area contributed by atoms with Crippen molar-refractivity contribution in [1.29, 1.82) is 0 Å². The van der Waals surface area contributed by atoms with Crippen molar-refractivity contribution in [2.75, 3.05) is 0 Å². The van der Waals surface area contributed by atoms with Crippen LogP contribution in [0.2, 0.25) is 0 Å². The molecule has 2 atom stereocenters. The molecule has 0 bridgehead atoms. The van der Waals surface area contributed by atoms with Gasteiger partial charge in [-0.1, -0.05) is 44.1 Å². The highest BCUT2D eigenvalue weighted by molar-refractivity contribution is 5.29. The minimum atomic E-state index is 0.491. The molecule has 0 saturated heterocycles. The summed E-state index contributed by atoms with van der Waals surface area (Å²) in [5.41, 5.74) is 3.73. The molecule has 14 heavy (non-hydrogen) atoms. The Morgan fingerprint density at radius 2 is 2.36 bits per heavy atom. The second-order valence-electron chi connectivity index (χ2n) is 5.20. The third-order valence-electron chi connectivity index (χ3n) is 4.31. The Labute approximate surface area is 88.1 Å². The molecule has 2 rings (SSSR count). The summed E-state index contributed by atoms with van der Waals surface area (Å²) in [6.45, 7) is 9.02. The van der Waals surface area contributed by atoms with Crippen molar-refractivity contribution in [2.24, 2.45) is 11.3 Å². The van der Waals surface area contributed by atoms with Crippen LogP contribution in [0.15, 0.2) is 23.8 Å². The lowest BCUT2D eigenvalue weighted by Crippen LogP contribution is -2.30. The third kappa shape index (κ3) is 1.36. The van der Waals surface area contributed by atoms with Crippen molar-refractivity contribution in [2.45, 2.75) is 52.4 Å². The molecule has 0 heterocycles. The Hall–Kier alpha value is -0.520. The van der Waals surface area contributed by atoms with Gasteiger partial charge in [-0.25, -0.2) is 0 Å². The van der Waals surface area contributed by atoms with Gasteiger partial charge in [0.05, 0.1) is 0 Å². The van der Waals surface area contributed by atoms with Crippen LogP contribution in [0, 0.1) is 11.3 Å². The van der Waals surface area contributed by atoms with Gasteiger partial charge in [-0.15, -0.1) is 0 Å². The smallest absolute Gasteiger partial charge is 0.00480 e. The second kappa shape index (κ2) is 3.56. The Bertz CT molecular complexity index is 272. The lowest BCUT2D eigenvalue weighted by molar-refractivity contribution is 0.229. The number of fused-ring (bicyclic) bond motifs is 1. The molecule has 78 valence electrons. The molecule has 1 unspecified atom stereocenters. The first kappa shape index (κ1) is 10.0. The highest BCUT2D eigenvalue weighted by Gasteiger charge is 2.43. The van der Waals surface area contributed by atoms with Crippen LogP contribution in [-0.2, 0) is 0 Å². The van der Waals surface area contributed by atoms with E-state index in [9.17, 15) is 0 Å². The van der Waals surface area contributed by atoms with Gasteiger partial charge in [0.2, 0.25) is 0 Å². The molecule has 0 aromatic rings. The van der Waals surface area contributed by atoms with Crippen LogP contribution < -0.4 is 0 Å². The van der Waals surface area contributed by atoms with Gasteiger partial charge in [0, 0.05) is 0 Å². The zero-order valence-electron chi connectivity index (χ0n) is 9.60. The molecule has 0 N–H and O–H groups in total. The second-order valence-corrected chi connectivity index (χ2v) is 5.20. The van der Waals surface area contributed by atoms with E-state index in [1.165, 1.54) is 44.1 Å². The first-order chi connectivity index (χ1) is 6.68. The summed E-state index contributed by atoms with van der Waals surface area (Å²) in [4.78, 5) is 0. The van der Waals surface area contributed by atoms with E-state index in [-0.39, 0.29) is 0 Å². The highest BCUT2D eigenvalue weighted by Crippen LogP contribution is 2.55. The number of hydrogen-bond donors (Lipinski definition) is 0. The van der Waals surface area contributed by atoms with Crippen molar-refractivity contribution in [3.63, 3.8) is 0 Å². The lowest BCUT2D eigenvalue weighted by atomic mass is 9.64. The maximum atomic E-state index is 4.26. The van der Waals surface area contributed by atoms with Crippen LogP contribution in [0.4, 0.5) is 0 Å². The normalized spacial score (nSPS) is 36.9. The Balaban J connectivity index is 2.21. The van der Waals surface area contributed by atoms with Crippen molar-refractivity contribution in [1.82, 2.24) is 0 Å². The summed E-state index contributed by atoms with van der Waals surface area (Å²) in [5.74, 6) is 0.776. The fraction of sp³-hybridized carbons (Fsp3) is 0.714. The van der Waals surface area contributed by atoms with E-state index in [1.807, 2.05) is 0 Å². The molecule has 0 radical (unpaired) electrons. The molecule has 1 saturated carbocycles. The minimum Gasteiger partial charge on any atom is -0.0995 e. The van der Waals surface area contributed by atoms with Crippen molar-refractivity contribution in [3.8, 4) is 0 Å².